The van der Waals surface area contributed by atoms with Crippen molar-refractivity contribution in [1.29, 1.82) is 0 Å². The van der Waals surface area contributed by atoms with Crippen molar-refractivity contribution in [3.63, 3.8) is 0 Å². The molecule has 1 aromatic carbocycles. The van der Waals surface area contributed by atoms with Crippen LogP contribution in [0.5, 0.6) is 0 Å². The van der Waals surface area contributed by atoms with Gasteiger partial charge in [-0.2, -0.15) is 0 Å². The molecule has 1 aromatic rings. The van der Waals surface area contributed by atoms with Gasteiger partial charge in [-0.1, -0.05) is 38.0 Å². The Morgan fingerprint density at radius 2 is 1.72 bits per heavy atom. The summed E-state index contributed by atoms with van der Waals surface area (Å²) in [7, 11) is 0. The van der Waals surface area contributed by atoms with E-state index in [0.29, 0.717) is 0 Å². The highest BCUT2D eigenvalue weighted by Crippen LogP contribution is 2.30. The number of hydrogen-bond acceptors (Lipinski definition) is 2. The predicted octanol–water partition coefficient (Wildman–Crippen LogP) is 3.73. The van der Waals surface area contributed by atoms with Gasteiger partial charge < -0.3 is 10.6 Å². The molecule has 0 aliphatic carbocycles. The van der Waals surface area contributed by atoms with Gasteiger partial charge in [0.25, 0.3) is 0 Å². The van der Waals surface area contributed by atoms with Gasteiger partial charge in [0.1, 0.15) is 0 Å². The van der Waals surface area contributed by atoms with Crippen molar-refractivity contribution in [3.05, 3.63) is 29.8 Å². The van der Waals surface area contributed by atoms with Gasteiger partial charge in [-0.25, -0.2) is 0 Å². The number of rotatable bonds is 7. The number of likely N-dealkylation sites (N-methyl/N-ethyl adjacent to an activating group) is 1. The number of anilines is 1. The molecule has 2 nitrogen and oxygen atoms in total. The average molecular weight is 248 g/mol. The average Bonchev–Trinajstić information content (AvgIpc) is 2.40. The van der Waals surface area contributed by atoms with E-state index in [9.17, 15) is 0 Å². The molecule has 18 heavy (non-hydrogen) atoms. The number of hydrogen-bond donors (Lipinski definition) is 1. The summed E-state index contributed by atoms with van der Waals surface area (Å²) in [6.07, 6.45) is 3.42. The van der Waals surface area contributed by atoms with Gasteiger partial charge >= 0.3 is 0 Å². The standard InChI is InChI=1S/C16H28N2/c1-5-12-16(6-2,13-17)18(7-3)15-10-8-14(4)9-11-15/h8-11H,5-7,12-13,17H2,1-4H3. The van der Waals surface area contributed by atoms with E-state index < -0.39 is 0 Å². The minimum atomic E-state index is 0.110. The van der Waals surface area contributed by atoms with Crippen LogP contribution in [0, 0.1) is 6.92 Å². The van der Waals surface area contributed by atoms with Gasteiger partial charge in [-0.3, -0.25) is 0 Å². The van der Waals surface area contributed by atoms with Crippen LogP contribution in [0.1, 0.15) is 45.6 Å². The maximum Gasteiger partial charge on any atom is 0.0521 e. The van der Waals surface area contributed by atoms with E-state index in [1.165, 1.54) is 17.7 Å². The first-order chi connectivity index (χ1) is 8.63. The molecule has 0 amide bonds. The molecular weight excluding hydrogens is 220 g/mol. The summed E-state index contributed by atoms with van der Waals surface area (Å²) in [5.74, 6) is 0. The largest absolute Gasteiger partial charge is 0.365 e. The van der Waals surface area contributed by atoms with Crippen molar-refractivity contribution in [2.75, 3.05) is 18.0 Å². The molecular formula is C16H28N2. The molecule has 102 valence electrons. The Morgan fingerprint density at radius 1 is 1.11 bits per heavy atom. The lowest BCUT2D eigenvalue weighted by Crippen LogP contribution is -2.53. The van der Waals surface area contributed by atoms with Gasteiger partial charge in [-0.15, -0.1) is 0 Å². The van der Waals surface area contributed by atoms with Crippen LogP contribution in [0.4, 0.5) is 5.69 Å². The number of aryl methyl sites for hydroxylation is 1. The third-order valence-electron chi connectivity index (χ3n) is 3.99. The summed E-state index contributed by atoms with van der Waals surface area (Å²) in [6, 6.07) is 8.80. The van der Waals surface area contributed by atoms with Gasteiger partial charge in [0.05, 0.1) is 5.54 Å². The second-order valence-electron chi connectivity index (χ2n) is 5.11. The van der Waals surface area contributed by atoms with Crippen molar-refractivity contribution >= 4 is 5.69 Å². The second kappa shape index (κ2) is 6.79. The van der Waals surface area contributed by atoms with Crippen molar-refractivity contribution in [3.8, 4) is 0 Å². The zero-order valence-electron chi connectivity index (χ0n) is 12.4. The van der Waals surface area contributed by atoms with Gasteiger partial charge in [0, 0.05) is 18.8 Å². The molecule has 0 aromatic heterocycles. The summed E-state index contributed by atoms with van der Waals surface area (Å²) in [5.41, 5.74) is 8.82. The first-order valence-corrected chi connectivity index (χ1v) is 7.18. The number of benzene rings is 1. The molecule has 0 saturated heterocycles. The van der Waals surface area contributed by atoms with E-state index >= 15 is 0 Å². The highest BCUT2D eigenvalue weighted by molar-refractivity contribution is 5.50. The Bertz CT molecular complexity index is 339. The summed E-state index contributed by atoms with van der Waals surface area (Å²) in [5, 5.41) is 0. The van der Waals surface area contributed by atoms with E-state index in [1.54, 1.807) is 0 Å². The molecule has 0 radical (unpaired) electrons. The predicted molar refractivity (Wildman–Crippen MR) is 81.2 cm³/mol. The Labute approximate surface area is 112 Å². The topological polar surface area (TPSA) is 29.3 Å². The first kappa shape index (κ1) is 15.0. The summed E-state index contributed by atoms with van der Waals surface area (Å²) in [6.45, 7) is 10.6. The summed E-state index contributed by atoms with van der Waals surface area (Å²) in [4.78, 5) is 2.48. The van der Waals surface area contributed by atoms with E-state index in [2.05, 4.69) is 56.9 Å². The quantitative estimate of drug-likeness (QED) is 0.796. The van der Waals surface area contributed by atoms with E-state index in [1.807, 2.05) is 0 Å². The minimum absolute atomic E-state index is 0.110. The normalized spacial score (nSPS) is 14.3. The van der Waals surface area contributed by atoms with Crippen LogP contribution in [0.2, 0.25) is 0 Å². The van der Waals surface area contributed by atoms with Crippen LogP contribution in [0.3, 0.4) is 0 Å². The molecule has 0 bridgehead atoms. The van der Waals surface area contributed by atoms with Gasteiger partial charge in [0.2, 0.25) is 0 Å². The highest BCUT2D eigenvalue weighted by atomic mass is 15.2. The van der Waals surface area contributed by atoms with Crippen molar-refractivity contribution in [2.45, 2.75) is 52.5 Å². The Balaban J connectivity index is 3.08. The van der Waals surface area contributed by atoms with Crippen LogP contribution in [0.25, 0.3) is 0 Å². The van der Waals surface area contributed by atoms with Crippen LogP contribution >= 0.6 is 0 Å². The molecule has 1 rings (SSSR count). The number of nitrogens with two attached hydrogens (primary N) is 1. The van der Waals surface area contributed by atoms with E-state index in [4.69, 9.17) is 5.73 Å². The Hall–Kier alpha value is -1.02. The fraction of sp³-hybridized carbons (Fsp3) is 0.625. The number of nitrogens with zero attached hydrogens (tertiary/aromatic N) is 1. The van der Waals surface area contributed by atoms with Crippen LogP contribution < -0.4 is 10.6 Å². The van der Waals surface area contributed by atoms with Crippen molar-refractivity contribution in [1.82, 2.24) is 0 Å². The first-order valence-electron chi connectivity index (χ1n) is 7.18. The van der Waals surface area contributed by atoms with E-state index in [-0.39, 0.29) is 5.54 Å². The van der Waals surface area contributed by atoms with Crippen LogP contribution in [-0.2, 0) is 0 Å². The molecule has 0 heterocycles. The lowest BCUT2D eigenvalue weighted by molar-refractivity contribution is 0.354. The molecule has 2 heteroatoms. The molecule has 1 unspecified atom stereocenters. The van der Waals surface area contributed by atoms with Gasteiger partial charge in [-0.05, 0) is 38.8 Å². The molecule has 2 N–H and O–H groups in total. The highest BCUT2D eigenvalue weighted by Gasteiger charge is 2.32. The van der Waals surface area contributed by atoms with E-state index in [0.717, 1.165) is 25.9 Å². The fourth-order valence-electron chi connectivity index (χ4n) is 2.84. The second-order valence-corrected chi connectivity index (χ2v) is 5.11. The lowest BCUT2D eigenvalue weighted by Gasteiger charge is -2.44. The van der Waals surface area contributed by atoms with Crippen LogP contribution in [-0.4, -0.2) is 18.6 Å². The van der Waals surface area contributed by atoms with Crippen molar-refractivity contribution < 1.29 is 0 Å². The molecule has 1 atom stereocenters. The smallest absolute Gasteiger partial charge is 0.0521 e. The zero-order valence-corrected chi connectivity index (χ0v) is 12.4. The third kappa shape index (κ3) is 3.05. The monoisotopic (exact) mass is 248 g/mol. The fourth-order valence-corrected chi connectivity index (χ4v) is 2.84. The molecule has 0 fully saturated rings. The Morgan fingerprint density at radius 3 is 2.11 bits per heavy atom. The Kier molecular flexibility index (Phi) is 5.67. The maximum atomic E-state index is 6.11. The molecule has 0 aliphatic heterocycles. The molecule has 0 saturated carbocycles. The lowest BCUT2D eigenvalue weighted by atomic mass is 9.88. The van der Waals surface area contributed by atoms with Crippen LogP contribution in [0.15, 0.2) is 24.3 Å². The zero-order chi connectivity index (χ0) is 13.6. The third-order valence-corrected chi connectivity index (χ3v) is 3.99. The summed E-state index contributed by atoms with van der Waals surface area (Å²) < 4.78 is 0. The van der Waals surface area contributed by atoms with Crippen molar-refractivity contribution in [2.24, 2.45) is 5.73 Å². The molecule has 0 aliphatic rings. The van der Waals surface area contributed by atoms with Gasteiger partial charge in [0.15, 0.2) is 0 Å². The SMILES string of the molecule is CCCC(CC)(CN)N(CC)c1ccc(C)cc1. The minimum Gasteiger partial charge on any atom is -0.365 e. The summed E-state index contributed by atoms with van der Waals surface area (Å²) >= 11 is 0. The maximum absolute atomic E-state index is 6.11. The molecule has 0 spiro atoms.